The van der Waals surface area contributed by atoms with Crippen molar-refractivity contribution < 1.29 is 4.79 Å². The van der Waals surface area contributed by atoms with E-state index in [1.165, 1.54) is 0 Å². The number of nitrogen functional groups attached to an aromatic ring is 1. The molecule has 3 heteroatoms. The molecule has 0 aliphatic heterocycles. The average Bonchev–Trinajstić information content (AvgIpc) is 2.32. The van der Waals surface area contributed by atoms with Gasteiger partial charge >= 0.3 is 0 Å². The average molecular weight is 242 g/mol. The van der Waals surface area contributed by atoms with E-state index in [-0.39, 0.29) is 5.91 Å². The van der Waals surface area contributed by atoms with Crippen LogP contribution in [0.15, 0.2) is 60.2 Å². The summed E-state index contributed by atoms with van der Waals surface area (Å²) < 4.78 is 0. The number of carbonyl (C=O) groups is 1. The molecule has 0 bridgehead atoms. The van der Waals surface area contributed by atoms with E-state index in [9.17, 15) is 4.79 Å². The second-order valence-corrected chi connectivity index (χ2v) is 3.97. The van der Waals surface area contributed by atoms with Crippen LogP contribution in [-0.4, -0.2) is 5.91 Å². The van der Waals surface area contributed by atoms with E-state index in [2.05, 4.69) is 11.9 Å². The topological polar surface area (TPSA) is 55.1 Å². The summed E-state index contributed by atoms with van der Waals surface area (Å²) >= 11 is 0. The number of para-hydroxylation sites is 2. The molecule has 1 aromatic rings. The van der Waals surface area contributed by atoms with Crippen LogP contribution in [0, 0.1) is 0 Å². The van der Waals surface area contributed by atoms with Gasteiger partial charge in [-0.05, 0) is 32.1 Å². The van der Waals surface area contributed by atoms with E-state index < -0.39 is 0 Å². The van der Waals surface area contributed by atoms with Gasteiger partial charge in [-0.25, -0.2) is 0 Å². The smallest absolute Gasteiger partial charge is 0.255 e. The maximum atomic E-state index is 12.0. The monoisotopic (exact) mass is 242 g/mol. The molecule has 0 saturated carbocycles. The van der Waals surface area contributed by atoms with Gasteiger partial charge in [0.2, 0.25) is 0 Å². The highest BCUT2D eigenvalue weighted by Gasteiger charge is 2.07. The van der Waals surface area contributed by atoms with Crippen LogP contribution in [0.3, 0.4) is 0 Å². The van der Waals surface area contributed by atoms with Crippen molar-refractivity contribution in [3.63, 3.8) is 0 Å². The number of amides is 1. The number of nitrogens with one attached hydrogen (secondary N) is 1. The van der Waals surface area contributed by atoms with Crippen molar-refractivity contribution in [3.05, 3.63) is 60.2 Å². The standard InChI is InChI=1S/C15H18N2O/c1-4-12(10-9-11(2)3)15(18)17-14-8-6-5-7-13(14)16/h4-10H,2,16H2,1,3H3,(H,17,18)/b10-9-,12-4+. The molecule has 3 nitrogen and oxygen atoms in total. The molecule has 0 unspecified atom stereocenters. The van der Waals surface area contributed by atoms with Crippen molar-refractivity contribution in [1.29, 1.82) is 0 Å². The molecule has 0 radical (unpaired) electrons. The minimum Gasteiger partial charge on any atom is -0.397 e. The third-order valence-electron chi connectivity index (χ3n) is 2.33. The van der Waals surface area contributed by atoms with Gasteiger partial charge in [-0.15, -0.1) is 0 Å². The van der Waals surface area contributed by atoms with Crippen LogP contribution in [0.2, 0.25) is 0 Å². The Morgan fingerprint density at radius 1 is 1.33 bits per heavy atom. The Labute approximate surface area is 108 Å². The molecule has 0 spiro atoms. The van der Waals surface area contributed by atoms with Gasteiger partial charge in [0.1, 0.15) is 0 Å². The largest absolute Gasteiger partial charge is 0.397 e. The quantitative estimate of drug-likeness (QED) is 0.483. The van der Waals surface area contributed by atoms with E-state index in [1.54, 1.807) is 30.4 Å². The van der Waals surface area contributed by atoms with Gasteiger partial charge in [0.25, 0.3) is 5.91 Å². The van der Waals surface area contributed by atoms with Crippen molar-refractivity contribution >= 4 is 17.3 Å². The summed E-state index contributed by atoms with van der Waals surface area (Å²) in [6.07, 6.45) is 5.27. The molecule has 3 N–H and O–H groups in total. The first-order valence-corrected chi connectivity index (χ1v) is 5.70. The van der Waals surface area contributed by atoms with E-state index in [1.807, 2.05) is 26.0 Å². The minimum absolute atomic E-state index is 0.187. The Kier molecular flexibility index (Phi) is 4.93. The minimum atomic E-state index is -0.187. The van der Waals surface area contributed by atoms with Crippen LogP contribution in [-0.2, 0) is 4.79 Å². The molecule has 0 aromatic heterocycles. The number of hydrogen-bond donors (Lipinski definition) is 2. The van der Waals surface area contributed by atoms with Crippen LogP contribution in [0.4, 0.5) is 11.4 Å². The highest BCUT2D eigenvalue weighted by molar-refractivity contribution is 6.07. The zero-order chi connectivity index (χ0) is 13.5. The SMILES string of the molecule is C=C(C)/C=C\C(=C/C)C(=O)Nc1ccccc1N. The molecular weight excluding hydrogens is 224 g/mol. The summed E-state index contributed by atoms with van der Waals surface area (Å²) in [4.78, 5) is 12.0. The van der Waals surface area contributed by atoms with Crippen LogP contribution < -0.4 is 11.1 Å². The zero-order valence-corrected chi connectivity index (χ0v) is 10.7. The fraction of sp³-hybridized carbons (Fsp3) is 0.133. The van der Waals surface area contributed by atoms with Crippen LogP contribution in [0.25, 0.3) is 0 Å². The second-order valence-electron chi connectivity index (χ2n) is 3.97. The maximum Gasteiger partial charge on any atom is 0.255 e. The number of nitrogens with two attached hydrogens (primary N) is 1. The lowest BCUT2D eigenvalue weighted by atomic mass is 10.1. The molecule has 94 valence electrons. The van der Waals surface area contributed by atoms with Gasteiger partial charge in [0.05, 0.1) is 11.4 Å². The number of anilines is 2. The van der Waals surface area contributed by atoms with E-state index >= 15 is 0 Å². The molecule has 0 aliphatic carbocycles. The van der Waals surface area contributed by atoms with Gasteiger partial charge in [-0.1, -0.05) is 36.4 Å². The Morgan fingerprint density at radius 3 is 2.56 bits per heavy atom. The summed E-state index contributed by atoms with van der Waals surface area (Å²) in [5.74, 6) is -0.187. The Hall–Kier alpha value is -2.29. The number of benzene rings is 1. The summed E-state index contributed by atoms with van der Waals surface area (Å²) in [5.41, 5.74) is 8.39. The molecule has 1 aromatic carbocycles. The first kappa shape index (κ1) is 13.8. The van der Waals surface area contributed by atoms with E-state index in [0.29, 0.717) is 16.9 Å². The lowest BCUT2D eigenvalue weighted by Crippen LogP contribution is -2.14. The van der Waals surface area contributed by atoms with Gasteiger partial charge in [-0.2, -0.15) is 0 Å². The molecular formula is C15H18N2O. The molecule has 0 aliphatic rings. The van der Waals surface area contributed by atoms with E-state index in [4.69, 9.17) is 5.73 Å². The van der Waals surface area contributed by atoms with Crippen molar-refractivity contribution in [2.45, 2.75) is 13.8 Å². The summed E-state index contributed by atoms with van der Waals surface area (Å²) in [6.45, 7) is 7.44. The fourth-order valence-electron chi connectivity index (χ4n) is 1.34. The van der Waals surface area contributed by atoms with Gasteiger partial charge < -0.3 is 11.1 Å². The number of allylic oxidation sites excluding steroid dienone is 3. The second kappa shape index (κ2) is 6.45. The van der Waals surface area contributed by atoms with Crippen molar-refractivity contribution in [3.8, 4) is 0 Å². The lowest BCUT2D eigenvalue weighted by molar-refractivity contribution is -0.112. The molecule has 1 rings (SSSR count). The third kappa shape index (κ3) is 3.94. The Morgan fingerprint density at radius 2 is 2.00 bits per heavy atom. The number of rotatable bonds is 4. The Balaban J connectivity index is 2.82. The van der Waals surface area contributed by atoms with E-state index in [0.717, 1.165) is 5.57 Å². The Bertz CT molecular complexity index is 513. The highest BCUT2D eigenvalue weighted by atomic mass is 16.1. The zero-order valence-electron chi connectivity index (χ0n) is 10.7. The molecule has 0 saturated heterocycles. The van der Waals surface area contributed by atoms with Crippen molar-refractivity contribution in [1.82, 2.24) is 0 Å². The van der Waals surface area contributed by atoms with Gasteiger partial charge in [-0.3, -0.25) is 4.79 Å². The highest BCUT2D eigenvalue weighted by Crippen LogP contribution is 2.17. The first-order valence-electron chi connectivity index (χ1n) is 5.70. The number of hydrogen-bond acceptors (Lipinski definition) is 2. The maximum absolute atomic E-state index is 12.0. The normalized spacial score (nSPS) is 11.6. The molecule has 0 atom stereocenters. The third-order valence-corrected chi connectivity index (χ3v) is 2.33. The van der Waals surface area contributed by atoms with Gasteiger partial charge in [0.15, 0.2) is 0 Å². The van der Waals surface area contributed by atoms with Crippen LogP contribution in [0.1, 0.15) is 13.8 Å². The fourth-order valence-corrected chi connectivity index (χ4v) is 1.34. The predicted molar refractivity (Wildman–Crippen MR) is 77.2 cm³/mol. The summed E-state index contributed by atoms with van der Waals surface area (Å²) in [6, 6.07) is 7.16. The molecule has 0 fully saturated rings. The first-order chi connectivity index (χ1) is 8.54. The van der Waals surface area contributed by atoms with Crippen molar-refractivity contribution in [2.24, 2.45) is 0 Å². The molecule has 18 heavy (non-hydrogen) atoms. The van der Waals surface area contributed by atoms with Crippen molar-refractivity contribution in [2.75, 3.05) is 11.1 Å². The van der Waals surface area contributed by atoms with Crippen LogP contribution >= 0.6 is 0 Å². The molecule has 1 amide bonds. The molecule has 0 heterocycles. The lowest BCUT2D eigenvalue weighted by Gasteiger charge is -2.08. The summed E-state index contributed by atoms with van der Waals surface area (Å²) in [5, 5.41) is 2.77. The predicted octanol–water partition coefficient (Wildman–Crippen LogP) is 3.29. The van der Waals surface area contributed by atoms with Crippen LogP contribution in [0.5, 0.6) is 0 Å². The van der Waals surface area contributed by atoms with Gasteiger partial charge in [0, 0.05) is 5.57 Å². The number of carbonyl (C=O) groups excluding carboxylic acids is 1. The summed E-state index contributed by atoms with van der Waals surface area (Å²) in [7, 11) is 0.